The second-order valence-electron chi connectivity index (χ2n) is 4.12. The van der Waals surface area contributed by atoms with E-state index in [4.69, 9.17) is 5.73 Å². The highest BCUT2D eigenvalue weighted by molar-refractivity contribution is 7.98. The maximum atomic E-state index is 9.94. The molecule has 0 aliphatic rings. The second-order valence-corrected chi connectivity index (χ2v) is 6.23. The zero-order valence-corrected chi connectivity index (χ0v) is 11.7. The molecule has 0 unspecified atom stereocenters. The first kappa shape index (κ1) is 12.3. The zero-order chi connectivity index (χ0) is 13.2. The average Bonchev–Trinajstić information content (AvgIpc) is 2.79. The first-order chi connectivity index (χ1) is 9.22. The standard InChI is InChI=1S/C14H12N2OS2/c15-14-16-13-11(17)6-10(7-12(13)19-14)18-8-9-4-2-1-3-5-9/h1-7,17H,8H2,(H2,15,16). The minimum atomic E-state index is 0.195. The Bertz CT molecular complexity index is 710. The van der Waals surface area contributed by atoms with Gasteiger partial charge >= 0.3 is 0 Å². The van der Waals surface area contributed by atoms with Crippen LogP contribution in [0.15, 0.2) is 47.4 Å². The molecule has 1 aromatic heterocycles. The van der Waals surface area contributed by atoms with E-state index in [0.717, 1.165) is 15.3 Å². The smallest absolute Gasteiger partial charge is 0.181 e. The lowest BCUT2D eigenvalue weighted by atomic mass is 10.2. The summed E-state index contributed by atoms with van der Waals surface area (Å²) in [6.45, 7) is 0. The number of phenols is 1. The first-order valence-electron chi connectivity index (χ1n) is 5.78. The number of hydrogen-bond donors (Lipinski definition) is 2. The van der Waals surface area contributed by atoms with Crippen molar-refractivity contribution in [1.82, 2.24) is 4.98 Å². The molecule has 0 aliphatic heterocycles. The van der Waals surface area contributed by atoms with Crippen molar-refractivity contribution in [2.45, 2.75) is 10.6 Å². The molecule has 2 aromatic carbocycles. The van der Waals surface area contributed by atoms with Gasteiger partial charge in [0.25, 0.3) is 0 Å². The van der Waals surface area contributed by atoms with Gasteiger partial charge in [0.1, 0.15) is 11.3 Å². The van der Waals surface area contributed by atoms with Gasteiger partial charge in [0.2, 0.25) is 0 Å². The normalized spacial score (nSPS) is 10.9. The molecule has 0 aliphatic carbocycles. The van der Waals surface area contributed by atoms with Crippen LogP contribution in [0.2, 0.25) is 0 Å². The molecule has 96 valence electrons. The summed E-state index contributed by atoms with van der Waals surface area (Å²) in [5.41, 5.74) is 7.51. The summed E-state index contributed by atoms with van der Waals surface area (Å²) in [5, 5.41) is 10.4. The maximum absolute atomic E-state index is 9.94. The van der Waals surface area contributed by atoms with Crippen molar-refractivity contribution in [2.75, 3.05) is 5.73 Å². The van der Waals surface area contributed by atoms with Crippen molar-refractivity contribution in [3.63, 3.8) is 0 Å². The number of benzene rings is 2. The fourth-order valence-electron chi connectivity index (χ4n) is 1.83. The van der Waals surface area contributed by atoms with Crippen LogP contribution in [0.5, 0.6) is 5.75 Å². The lowest BCUT2D eigenvalue weighted by Crippen LogP contribution is -1.81. The minimum absolute atomic E-state index is 0.195. The van der Waals surface area contributed by atoms with E-state index in [1.807, 2.05) is 24.3 Å². The topological polar surface area (TPSA) is 59.1 Å². The van der Waals surface area contributed by atoms with Crippen molar-refractivity contribution in [1.29, 1.82) is 0 Å². The van der Waals surface area contributed by atoms with Crippen LogP contribution >= 0.6 is 23.1 Å². The van der Waals surface area contributed by atoms with Crippen molar-refractivity contribution < 1.29 is 5.11 Å². The van der Waals surface area contributed by atoms with E-state index in [1.165, 1.54) is 16.9 Å². The Kier molecular flexibility index (Phi) is 3.31. The van der Waals surface area contributed by atoms with Gasteiger partial charge in [-0.25, -0.2) is 4.98 Å². The molecule has 1 heterocycles. The summed E-state index contributed by atoms with van der Waals surface area (Å²) < 4.78 is 0.924. The van der Waals surface area contributed by atoms with Gasteiger partial charge in [-0.2, -0.15) is 0 Å². The molecule has 0 saturated carbocycles. The quantitative estimate of drug-likeness (QED) is 0.718. The molecular formula is C14H12N2OS2. The number of fused-ring (bicyclic) bond motifs is 1. The Balaban J connectivity index is 1.85. The van der Waals surface area contributed by atoms with Crippen LogP contribution in [0.3, 0.4) is 0 Å². The van der Waals surface area contributed by atoms with Gasteiger partial charge < -0.3 is 10.8 Å². The summed E-state index contributed by atoms with van der Waals surface area (Å²) in [7, 11) is 0. The van der Waals surface area contributed by atoms with Gasteiger partial charge in [0.15, 0.2) is 5.13 Å². The highest BCUT2D eigenvalue weighted by Gasteiger charge is 2.08. The summed E-state index contributed by atoms with van der Waals surface area (Å²) in [6.07, 6.45) is 0. The van der Waals surface area contributed by atoms with Gasteiger partial charge in [-0.05, 0) is 17.7 Å². The Hall–Kier alpha value is -1.72. The molecule has 0 bridgehead atoms. The molecule has 0 spiro atoms. The molecule has 3 aromatic rings. The largest absolute Gasteiger partial charge is 0.506 e. The third-order valence-corrected chi connectivity index (χ3v) is 4.59. The molecular weight excluding hydrogens is 276 g/mol. The zero-order valence-electron chi connectivity index (χ0n) is 10.0. The van der Waals surface area contributed by atoms with E-state index >= 15 is 0 Å². The van der Waals surface area contributed by atoms with Crippen LogP contribution in [-0.4, -0.2) is 10.1 Å². The summed E-state index contributed by atoms with van der Waals surface area (Å²) in [4.78, 5) is 5.13. The number of nitrogen functional groups attached to an aromatic ring is 1. The van der Waals surface area contributed by atoms with Gasteiger partial charge in [0.05, 0.1) is 4.70 Å². The number of aromatic hydroxyl groups is 1. The minimum Gasteiger partial charge on any atom is -0.506 e. The van der Waals surface area contributed by atoms with Crippen molar-refractivity contribution >= 4 is 38.4 Å². The Morgan fingerprint density at radius 1 is 1.21 bits per heavy atom. The Morgan fingerprint density at radius 2 is 2.00 bits per heavy atom. The van der Waals surface area contributed by atoms with Crippen molar-refractivity contribution in [3.8, 4) is 5.75 Å². The highest BCUT2D eigenvalue weighted by Crippen LogP contribution is 2.35. The van der Waals surface area contributed by atoms with Crippen LogP contribution in [0.25, 0.3) is 10.2 Å². The number of anilines is 1. The number of thioether (sulfide) groups is 1. The number of thiazole rings is 1. The number of aromatic nitrogens is 1. The van der Waals surface area contributed by atoms with E-state index in [1.54, 1.807) is 17.8 Å². The lowest BCUT2D eigenvalue weighted by molar-refractivity contribution is 0.479. The van der Waals surface area contributed by atoms with Gasteiger partial charge in [0, 0.05) is 10.6 Å². The number of rotatable bonds is 3. The van der Waals surface area contributed by atoms with Gasteiger partial charge in [-0.15, -0.1) is 11.8 Å². The molecule has 0 amide bonds. The average molecular weight is 288 g/mol. The fraction of sp³-hybridized carbons (Fsp3) is 0.0714. The molecule has 3 nitrogen and oxygen atoms in total. The highest BCUT2D eigenvalue weighted by atomic mass is 32.2. The van der Waals surface area contributed by atoms with E-state index in [-0.39, 0.29) is 5.75 Å². The van der Waals surface area contributed by atoms with Gasteiger partial charge in [-0.1, -0.05) is 41.7 Å². The van der Waals surface area contributed by atoms with E-state index in [2.05, 4.69) is 17.1 Å². The molecule has 0 fully saturated rings. The SMILES string of the molecule is Nc1nc2c(O)cc(SCc3ccccc3)cc2s1. The fourth-order valence-corrected chi connectivity index (χ4v) is 3.62. The van der Waals surface area contributed by atoms with Crippen LogP contribution in [0.1, 0.15) is 5.56 Å². The number of hydrogen-bond acceptors (Lipinski definition) is 5. The molecule has 5 heteroatoms. The molecule has 19 heavy (non-hydrogen) atoms. The van der Waals surface area contributed by atoms with Crippen molar-refractivity contribution in [3.05, 3.63) is 48.0 Å². The number of nitrogens with two attached hydrogens (primary N) is 1. The van der Waals surface area contributed by atoms with E-state index < -0.39 is 0 Å². The van der Waals surface area contributed by atoms with Crippen LogP contribution in [0, 0.1) is 0 Å². The predicted octanol–water partition coefficient (Wildman–Crippen LogP) is 3.88. The summed E-state index contributed by atoms with van der Waals surface area (Å²) >= 11 is 3.09. The molecule has 0 saturated heterocycles. The van der Waals surface area contributed by atoms with E-state index in [9.17, 15) is 5.11 Å². The third-order valence-electron chi connectivity index (χ3n) is 2.71. The maximum Gasteiger partial charge on any atom is 0.181 e. The Morgan fingerprint density at radius 3 is 2.79 bits per heavy atom. The summed E-state index contributed by atoms with van der Waals surface area (Å²) in [6, 6.07) is 14.0. The predicted molar refractivity (Wildman–Crippen MR) is 81.7 cm³/mol. The van der Waals surface area contributed by atoms with E-state index in [0.29, 0.717) is 10.6 Å². The molecule has 0 radical (unpaired) electrons. The molecule has 0 atom stereocenters. The Labute approximate surface area is 119 Å². The van der Waals surface area contributed by atoms with Gasteiger partial charge in [-0.3, -0.25) is 0 Å². The lowest BCUT2D eigenvalue weighted by Gasteiger charge is -2.03. The molecule has 3 N–H and O–H groups in total. The number of nitrogens with zero attached hydrogens (tertiary/aromatic N) is 1. The second kappa shape index (κ2) is 5.11. The summed E-state index contributed by atoms with van der Waals surface area (Å²) in [5.74, 6) is 1.07. The first-order valence-corrected chi connectivity index (χ1v) is 7.58. The monoisotopic (exact) mass is 288 g/mol. The molecule has 3 rings (SSSR count). The number of phenolic OH excluding ortho intramolecular Hbond substituents is 1. The van der Waals surface area contributed by atoms with Crippen molar-refractivity contribution in [2.24, 2.45) is 0 Å². The van der Waals surface area contributed by atoms with Crippen LogP contribution in [0.4, 0.5) is 5.13 Å². The van der Waals surface area contributed by atoms with Crippen LogP contribution in [-0.2, 0) is 5.75 Å². The van der Waals surface area contributed by atoms with Crippen LogP contribution < -0.4 is 5.73 Å². The third kappa shape index (κ3) is 2.67.